The molecule has 4 rings (SSSR count). The highest BCUT2D eigenvalue weighted by atomic mass is 32.2. The average molecular weight is 432 g/mol. The van der Waals surface area contributed by atoms with E-state index < -0.39 is 0 Å². The summed E-state index contributed by atoms with van der Waals surface area (Å²) in [7, 11) is 0. The number of benzene rings is 2. The first-order chi connectivity index (χ1) is 15.0. The van der Waals surface area contributed by atoms with Gasteiger partial charge in [-0.2, -0.15) is 0 Å². The number of aryl methyl sites for hydroxylation is 2. The highest BCUT2D eigenvalue weighted by Gasteiger charge is 2.27. The molecule has 1 aliphatic heterocycles. The molecule has 2 aromatic carbocycles. The van der Waals surface area contributed by atoms with E-state index in [0.29, 0.717) is 42.3 Å². The lowest BCUT2D eigenvalue weighted by atomic mass is 10.1. The van der Waals surface area contributed by atoms with Crippen LogP contribution in [0.3, 0.4) is 0 Å². The summed E-state index contributed by atoms with van der Waals surface area (Å²) >= 11 is 1.51. The molecule has 158 valence electrons. The van der Waals surface area contributed by atoms with Crippen molar-refractivity contribution in [1.82, 2.24) is 14.8 Å². The molecule has 0 atom stereocenters. The van der Waals surface area contributed by atoms with Crippen LogP contribution in [0.25, 0.3) is 0 Å². The van der Waals surface area contributed by atoms with Gasteiger partial charge in [-0.1, -0.05) is 36.0 Å². The predicted molar refractivity (Wildman–Crippen MR) is 123 cm³/mol. The first-order valence-electron chi connectivity index (χ1n) is 10.4. The van der Waals surface area contributed by atoms with Gasteiger partial charge in [0, 0.05) is 42.8 Å². The van der Waals surface area contributed by atoms with E-state index in [1.165, 1.54) is 22.9 Å². The molecule has 31 heavy (non-hydrogen) atoms. The Kier molecular flexibility index (Phi) is 6.37. The zero-order valence-electron chi connectivity index (χ0n) is 17.7. The molecule has 2 heterocycles. The average Bonchev–Trinajstić information content (AvgIpc) is 2.81. The molecule has 5 nitrogen and oxygen atoms in total. The molecule has 1 aromatic heterocycles. The smallest absolute Gasteiger partial charge is 0.256 e. The summed E-state index contributed by atoms with van der Waals surface area (Å²) in [4.78, 5) is 35.1. The van der Waals surface area contributed by atoms with Crippen molar-refractivity contribution in [3.63, 3.8) is 0 Å². The summed E-state index contributed by atoms with van der Waals surface area (Å²) in [5.41, 5.74) is 3.74. The van der Waals surface area contributed by atoms with Crippen molar-refractivity contribution in [2.45, 2.75) is 23.8 Å². The SMILES string of the molecule is Cc1ccc(Sc2ncccc2C(=O)N2CCN(C(=O)c3ccccc3)CC2)cc1C. The molecular formula is C25H25N3O2S. The summed E-state index contributed by atoms with van der Waals surface area (Å²) in [5.74, 6) is -0.0219. The summed E-state index contributed by atoms with van der Waals surface area (Å²) in [6.07, 6.45) is 1.72. The van der Waals surface area contributed by atoms with Crippen molar-refractivity contribution >= 4 is 23.6 Å². The zero-order chi connectivity index (χ0) is 21.8. The highest BCUT2D eigenvalue weighted by molar-refractivity contribution is 7.99. The van der Waals surface area contributed by atoms with Gasteiger partial charge in [0.25, 0.3) is 11.8 Å². The minimum absolute atomic E-state index is 0.0139. The van der Waals surface area contributed by atoms with Crippen LogP contribution in [0.5, 0.6) is 0 Å². The van der Waals surface area contributed by atoms with E-state index in [4.69, 9.17) is 0 Å². The van der Waals surface area contributed by atoms with Crippen LogP contribution < -0.4 is 0 Å². The van der Waals surface area contributed by atoms with Gasteiger partial charge in [0.05, 0.1) is 5.56 Å². The van der Waals surface area contributed by atoms with Crippen LogP contribution in [-0.2, 0) is 0 Å². The van der Waals surface area contributed by atoms with Gasteiger partial charge in [-0.25, -0.2) is 4.98 Å². The Balaban J connectivity index is 1.44. The third-order valence-electron chi connectivity index (χ3n) is 5.57. The molecule has 0 spiro atoms. The largest absolute Gasteiger partial charge is 0.335 e. The van der Waals surface area contributed by atoms with E-state index in [1.54, 1.807) is 12.3 Å². The minimum Gasteiger partial charge on any atom is -0.335 e. The minimum atomic E-state index is -0.0359. The number of carbonyl (C=O) groups is 2. The Morgan fingerprint density at radius 2 is 1.48 bits per heavy atom. The van der Waals surface area contributed by atoms with Crippen molar-refractivity contribution in [1.29, 1.82) is 0 Å². The molecule has 0 bridgehead atoms. The Hall–Kier alpha value is -3.12. The van der Waals surface area contributed by atoms with Crippen molar-refractivity contribution in [2.24, 2.45) is 0 Å². The predicted octanol–water partition coefficient (Wildman–Crippen LogP) is 4.45. The second-order valence-corrected chi connectivity index (χ2v) is 8.72. The molecule has 6 heteroatoms. The molecular weight excluding hydrogens is 406 g/mol. The van der Waals surface area contributed by atoms with Gasteiger partial charge in [-0.3, -0.25) is 9.59 Å². The van der Waals surface area contributed by atoms with E-state index in [0.717, 1.165) is 4.90 Å². The van der Waals surface area contributed by atoms with Crippen molar-refractivity contribution in [2.75, 3.05) is 26.2 Å². The maximum absolute atomic E-state index is 13.2. The normalized spacial score (nSPS) is 13.9. The molecule has 1 aliphatic rings. The fourth-order valence-electron chi connectivity index (χ4n) is 3.57. The fraction of sp³-hybridized carbons (Fsp3) is 0.240. The van der Waals surface area contributed by atoms with Crippen LogP contribution >= 0.6 is 11.8 Å². The second-order valence-electron chi connectivity index (χ2n) is 7.65. The van der Waals surface area contributed by atoms with Crippen LogP contribution in [0.15, 0.2) is 76.8 Å². The number of aromatic nitrogens is 1. The molecule has 0 radical (unpaired) electrons. The quantitative estimate of drug-likeness (QED) is 0.613. The third-order valence-corrected chi connectivity index (χ3v) is 6.58. The number of pyridine rings is 1. The maximum Gasteiger partial charge on any atom is 0.256 e. The van der Waals surface area contributed by atoms with Crippen molar-refractivity contribution < 1.29 is 9.59 Å². The number of piperazine rings is 1. The van der Waals surface area contributed by atoms with E-state index >= 15 is 0 Å². The van der Waals surface area contributed by atoms with Crippen LogP contribution in [0, 0.1) is 13.8 Å². The van der Waals surface area contributed by atoms with Crippen LogP contribution in [0.2, 0.25) is 0 Å². The molecule has 3 aromatic rings. The second kappa shape index (κ2) is 9.35. The van der Waals surface area contributed by atoms with Gasteiger partial charge < -0.3 is 9.80 Å². The lowest BCUT2D eigenvalue weighted by molar-refractivity contribution is 0.0533. The Morgan fingerprint density at radius 1 is 0.806 bits per heavy atom. The molecule has 0 unspecified atom stereocenters. The Labute approximate surface area is 187 Å². The van der Waals surface area contributed by atoms with Gasteiger partial charge in [0.2, 0.25) is 0 Å². The summed E-state index contributed by atoms with van der Waals surface area (Å²) in [5, 5.41) is 0.707. The van der Waals surface area contributed by atoms with Crippen LogP contribution in [0.1, 0.15) is 31.8 Å². The first-order valence-corrected chi connectivity index (χ1v) is 11.2. The van der Waals surface area contributed by atoms with Gasteiger partial charge in [0.1, 0.15) is 5.03 Å². The number of hydrogen-bond donors (Lipinski definition) is 0. The topological polar surface area (TPSA) is 53.5 Å². The highest BCUT2D eigenvalue weighted by Crippen LogP contribution is 2.30. The van der Waals surface area contributed by atoms with E-state index in [1.807, 2.05) is 46.2 Å². The number of rotatable bonds is 4. The molecule has 0 saturated carbocycles. The fourth-order valence-corrected chi connectivity index (χ4v) is 4.54. The molecule has 1 saturated heterocycles. The molecule has 0 N–H and O–H groups in total. The van der Waals surface area contributed by atoms with Crippen molar-refractivity contribution in [3.8, 4) is 0 Å². The number of amides is 2. The monoisotopic (exact) mass is 431 g/mol. The summed E-state index contributed by atoms with van der Waals surface area (Å²) < 4.78 is 0. The number of hydrogen-bond acceptors (Lipinski definition) is 4. The third kappa shape index (κ3) is 4.80. The van der Waals surface area contributed by atoms with Gasteiger partial charge in [-0.15, -0.1) is 0 Å². The van der Waals surface area contributed by atoms with Gasteiger partial charge >= 0.3 is 0 Å². The summed E-state index contributed by atoms with van der Waals surface area (Å²) in [6, 6.07) is 19.2. The Bertz CT molecular complexity index is 1090. The number of carbonyl (C=O) groups excluding carboxylic acids is 2. The molecule has 1 fully saturated rings. The first kappa shape index (κ1) is 21.1. The zero-order valence-corrected chi connectivity index (χ0v) is 18.6. The van der Waals surface area contributed by atoms with E-state index in [-0.39, 0.29) is 11.8 Å². The van der Waals surface area contributed by atoms with Crippen LogP contribution in [-0.4, -0.2) is 52.8 Å². The van der Waals surface area contributed by atoms with Gasteiger partial charge in [0.15, 0.2) is 0 Å². The lowest BCUT2D eigenvalue weighted by Gasteiger charge is -2.35. The molecule has 0 aliphatic carbocycles. The van der Waals surface area contributed by atoms with Crippen LogP contribution in [0.4, 0.5) is 0 Å². The lowest BCUT2D eigenvalue weighted by Crippen LogP contribution is -2.50. The van der Waals surface area contributed by atoms with Gasteiger partial charge in [-0.05, 0) is 61.4 Å². The van der Waals surface area contributed by atoms with Crippen molar-refractivity contribution in [3.05, 3.63) is 89.1 Å². The standard InChI is InChI=1S/C25H25N3O2S/c1-18-10-11-21(17-19(18)2)31-23-22(9-6-12-26-23)25(30)28-15-13-27(14-16-28)24(29)20-7-4-3-5-8-20/h3-12,17H,13-16H2,1-2H3. The summed E-state index contributed by atoms with van der Waals surface area (Å²) in [6.45, 7) is 6.25. The Morgan fingerprint density at radius 3 is 2.16 bits per heavy atom. The van der Waals surface area contributed by atoms with E-state index in [9.17, 15) is 9.59 Å². The maximum atomic E-state index is 13.2. The van der Waals surface area contributed by atoms with E-state index in [2.05, 4.69) is 37.0 Å². The molecule has 2 amide bonds. The number of nitrogens with zero attached hydrogens (tertiary/aromatic N) is 3.